The highest BCUT2D eigenvalue weighted by Crippen LogP contribution is 2.53. The van der Waals surface area contributed by atoms with Crippen molar-refractivity contribution in [1.82, 2.24) is 0 Å². The van der Waals surface area contributed by atoms with E-state index in [1.54, 1.807) is 0 Å². The van der Waals surface area contributed by atoms with Crippen LogP contribution in [0.4, 0.5) is 0 Å². The van der Waals surface area contributed by atoms with Crippen molar-refractivity contribution in [2.24, 2.45) is 0 Å². The lowest BCUT2D eigenvalue weighted by Gasteiger charge is -2.67. The van der Waals surface area contributed by atoms with Crippen LogP contribution in [0.1, 0.15) is 0 Å². The summed E-state index contributed by atoms with van der Waals surface area (Å²) in [4.78, 5) is 3.05. The van der Waals surface area contributed by atoms with E-state index >= 15 is 0 Å². The predicted molar refractivity (Wildman–Crippen MR) is 177 cm³/mol. The molecule has 2 aromatic carbocycles. The van der Waals surface area contributed by atoms with Crippen LogP contribution in [0.2, 0.25) is 78.6 Å². The Hall–Kier alpha value is 0.441. The van der Waals surface area contributed by atoms with Crippen LogP contribution in [0.15, 0.2) is 70.5 Å². The molecular formula is C26H48S2Si6. The number of benzene rings is 2. The van der Waals surface area contributed by atoms with E-state index in [0.29, 0.717) is 0 Å². The molecule has 1 heterocycles. The summed E-state index contributed by atoms with van der Waals surface area (Å²) < 4.78 is 1.85. The summed E-state index contributed by atoms with van der Waals surface area (Å²) in [5, 5.41) is 0. The molecule has 0 spiro atoms. The Morgan fingerprint density at radius 3 is 0.882 bits per heavy atom. The van der Waals surface area contributed by atoms with Crippen molar-refractivity contribution in [2.75, 3.05) is 0 Å². The zero-order chi connectivity index (χ0) is 25.8. The smallest absolute Gasteiger partial charge is 0.0502 e. The average Bonchev–Trinajstić information content (AvgIpc) is 2.75. The maximum Gasteiger partial charge on any atom is 0.0502 e. The van der Waals surface area contributed by atoms with Crippen LogP contribution in [0.3, 0.4) is 0 Å². The quantitative estimate of drug-likeness (QED) is 0.325. The van der Waals surface area contributed by atoms with Gasteiger partial charge >= 0.3 is 0 Å². The first-order valence-electron chi connectivity index (χ1n) is 12.9. The van der Waals surface area contributed by atoms with Crippen molar-refractivity contribution in [3.8, 4) is 0 Å². The normalized spacial score (nSPS) is 28.5. The molecule has 1 saturated heterocycles. The van der Waals surface area contributed by atoms with E-state index in [9.17, 15) is 0 Å². The van der Waals surface area contributed by atoms with Gasteiger partial charge in [0, 0.05) is 24.0 Å². The van der Waals surface area contributed by atoms with E-state index in [4.69, 9.17) is 0 Å². The van der Waals surface area contributed by atoms with Crippen molar-refractivity contribution in [2.45, 2.75) is 97.3 Å². The van der Waals surface area contributed by atoms with Gasteiger partial charge in [-0.2, -0.15) is 0 Å². The molecule has 3 rings (SSSR count). The van der Waals surface area contributed by atoms with E-state index in [-0.39, 0.29) is 0 Å². The number of hydrogen-bond donors (Lipinski definition) is 0. The fourth-order valence-corrected chi connectivity index (χ4v) is 138. The predicted octanol–water partition coefficient (Wildman–Crippen LogP) is 9.04. The van der Waals surface area contributed by atoms with Gasteiger partial charge in [0.25, 0.3) is 0 Å². The van der Waals surface area contributed by atoms with Gasteiger partial charge in [-0.3, -0.25) is 0 Å². The van der Waals surface area contributed by atoms with E-state index in [1.807, 2.05) is 0 Å². The lowest BCUT2D eigenvalue weighted by Crippen LogP contribution is -2.91. The van der Waals surface area contributed by atoms with Crippen LogP contribution in [0.25, 0.3) is 0 Å². The Balaban J connectivity index is 2.26. The molecule has 0 atom stereocenters. The summed E-state index contributed by atoms with van der Waals surface area (Å²) >= 11 is 4.69. The Kier molecular flexibility index (Phi) is 8.22. The topological polar surface area (TPSA) is 0 Å². The third-order valence-electron chi connectivity index (χ3n) is 11.1. The molecule has 1 fully saturated rings. The third-order valence-corrected chi connectivity index (χ3v) is 119. The highest BCUT2D eigenvalue weighted by atomic mass is 32.2. The monoisotopic (exact) mass is 592 g/mol. The lowest BCUT2D eigenvalue weighted by molar-refractivity contribution is 1.42. The summed E-state index contributed by atoms with van der Waals surface area (Å²) in [5.41, 5.74) is 0. The molecule has 0 bridgehead atoms. The summed E-state index contributed by atoms with van der Waals surface area (Å²) in [7, 11) is -9.05. The van der Waals surface area contributed by atoms with Gasteiger partial charge in [0.2, 0.25) is 0 Å². The van der Waals surface area contributed by atoms with Crippen LogP contribution < -0.4 is 0 Å². The minimum absolute atomic E-state index is 0.923. The molecule has 1 aliphatic heterocycles. The highest BCUT2D eigenvalue weighted by molar-refractivity contribution is 8.10. The first-order chi connectivity index (χ1) is 15.4. The van der Waals surface area contributed by atoms with Gasteiger partial charge in [-0.1, -0.05) is 115 Å². The van der Waals surface area contributed by atoms with Crippen molar-refractivity contribution < 1.29 is 0 Å². The molecule has 2 aromatic rings. The minimum atomic E-state index is -1.53. The highest BCUT2D eigenvalue weighted by Gasteiger charge is 2.71. The van der Waals surface area contributed by atoms with Gasteiger partial charge in [-0.05, 0) is 33.3 Å². The molecule has 0 aliphatic carbocycles. The van der Waals surface area contributed by atoms with Crippen molar-refractivity contribution in [1.29, 1.82) is 0 Å². The molecular weight excluding hydrogens is 545 g/mol. The molecule has 0 saturated carbocycles. The Labute approximate surface area is 224 Å². The Bertz CT molecular complexity index is 869. The third kappa shape index (κ3) is 4.50. The molecule has 8 heteroatoms. The maximum atomic E-state index is 2.87. The molecule has 1 aliphatic rings. The van der Waals surface area contributed by atoms with Gasteiger partial charge in [0.1, 0.15) is 0 Å². The van der Waals surface area contributed by atoms with Gasteiger partial charge in [0.05, 0.1) is 30.4 Å². The molecule has 0 nitrogen and oxygen atoms in total. The van der Waals surface area contributed by atoms with Crippen LogP contribution in [0, 0.1) is 0 Å². The van der Waals surface area contributed by atoms with E-state index in [1.165, 1.54) is 9.79 Å². The summed E-state index contributed by atoms with van der Waals surface area (Å²) in [6, 6.07) is 22.9. The molecule has 0 unspecified atom stereocenters. The Morgan fingerprint density at radius 2 is 0.647 bits per heavy atom. The van der Waals surface area contributed by atoms with Crippen LogP contribution in [-0.4, -0.2) is 53.6 Å². The van der Waals surface area contributed by atoms with Gasteiger partial charge in [0.15, 0.2) is 0 Å². The number of rotatable bonds is 4. The minimum Gasteiger partial charge on any atom is -0.129 e. The number of hydrogen-bond acceptors (Lipinski definition) is 2. The zero-order valence-corrected chi connectivity index (χ0v) is 31.4. The number of thioether (sulfide) groups is 2. The Morgan fingerprint density at radius 1 is 0.412 bits per heavy atom. The second-order valence-corrected chi connectivity index (χ2v) is 75.0. The van der Waals surface area contributed by atoms with Crippen LogP contribution >= 0.6 is 23.5 Å². The first-order valence-corrected chi connectivity index (χ1v) is 36.9. The summed E-state index contributed by atoms with van der Waals surface area (Å²) in [5.74, 6) is 0. The van der Waals surface area contributed by atoms with Crippen molar-refractivity contribution >= 4 is 68.1 Å². The SMILES string of the molecule is C[Si]1(C)C(Sc2ccccc2)[Si](C)(C)[Si](C)(C)[Si](C)(C)C(Sc2ccccc2)[Si](C)(C)[Si]1(C)C. The van der Waals surface area contributed by atoms with Gasteiger partial charge < -0.3 is 0 Å². The molecule has 0 N–H and O–H groups in total. The molecule has 188 valence electrons. The summed E-state index contributed by atoms with van der Waals surface area (Å²) in [6.07, 6.45) is 0. The summed E-state index contributed by atoms with van der Waals surface area (Å²) in [6.45, 7) is 34.4. The maximum absolute atomic E-state index is 2.87. The molecule has 0 radical (unpaired) electrons. The van der Waals surface area contributed by atoms with E-state index in [0.717, 1.165) is 8.99 Å². The fraction of sp³-hybridized carbons (Fsp3) is 0.538. The second-order valence-electron chi connectivity index (χ2n) is 13.8. The standard InChI is InChI=1S/C26H48S2Si6/c1-29(2)25(27-23-19-15-13-16-20-23)30(3,4)34(11,12)32(7,8)26(31(5,6)33(29,9)10)28-24-21-17-14-18-22-24/h13-22,25-26H,1-12H3. The second kappa shape index (κ2) is 9.63. The van der Waals surface area contributed by atoms with Crippen molar-refractivity contribution in [3.05, 3.63) is 60.7 Å². The molecule has 34 heavy (non-hydrogen) atoms. The lowest BCUT2D eigenvalue weighted by atomic mass is 10.4. The average molecular weight is 593 g/mol. The van der Waals surface area contributed by atoms with Crippen LogP contribution in [0.5, 0.6) is 0 Å². The van der Waals surface area contributed by atoms with Crippen LogP contribution in [-0.2, 0) is 0 Å². The first kappa shape index (κ1) is 29.0. The van der Waals surface area contributed by atoms with Crippen molar-refractivity contribution in [3.63, 3.8) is 0 Å². The largest absolute Gasteiger partial charge is 0.129 e. The zero-order valence-electron chi connectivity index (χ0n) is 23.7. The van der Waals surface area contributed by atoms with E-state index < -0.39 is 44.6 Å². The fourth-order valence-electron chi connectivity index (χ4n) is 6.64. The molecule has 0 aromatic heterocycles. The van der Waals surface area contributed by atoms with Gasteiger partial charge in [-0.25, -0.2) is 0 Å². The van der Waals surface area contributed by atoms with Gasteiger partial charge in [-0.15, -0.1) is 23.5 Å². The molecule has 0 amide bonds. The van der Waals surface area contributed by atoms with E-state index in [2.05, 4.69) is 163 Å².